The highest BCUT2D eigenvalue weighted by Crippen LogP contribution is 2.17. The zero-order valence-electron chi connectivity index (χ0n) is 12.0. The SMILES string of the molecule is O=C(N[C@H](C(=O)Nc1ccn[nH]1)c1ccccc1)c1cccs1. The third-order valence-corrected chi connectivity index (χ3v) is 4.04. The third kappa shape index (κ3) is 3.64. The van der Waals surface area contributed by atoms with Gasteiger partial charge in [-0.3, -0.25) is 14.7 Å². The van der Waals surface area contributed by atoms with Gasteiger partial charge in [-0.25, -0.2) is 0 Å². The van der Waals surface area contributed by atoms with Gasteiger partial charge in [-0.15, -0.1) is 11.3 Å². The number of thiophene rings is 1. The van der Waals surface area contributed by atoms with Gasteiger partial charge in [0.05, 0.1) is 11.1 Å². The summed E-state index contributed by atoms with van der Waals surface area (Å²) >= 11 is 1.33. The minimum Gasteiger partial charge on any atom is -0.336 e. The number of hydrogen-bond donors (Lipinski definition) is 3. The van der Waals surface area contributed by atoms with Gasteiger partial charge < -0.3 is 10.6 Å². The van der Waals surface area contributed by atoms with E-state index in [1.54, 1.807) is 30.3 Å². The monoisotopic (exact) mass is 326 g/mol. The van der Waals surface area contributed by atoms with E-state index in [0.29, 0.717) is 16.3 Å². The van der Waals surface area contributed by atoms with Crippen molar-refractivity contribution in [3.63, 3.8) is 0 Å². The molecule has 3 aromatic rings. The van der Waals surface area contributed by atoms with Crippen LogP contribution in [0.1, 0.15) is 21.3 Å². The Morgan fingerprint density at radius 1 is 1.09 bits per heavy atom. The molecule has 2 aromatic heterocycles. The first-order valence-corrected chi connectivity index (χ1v) is 7.81. The van der Waals surface area contributed by atoms with Crippen LogP contribution in [0, 0.1) is 0 Å². The molecule has 7 heteroatoms. The average molecular weight is 326 g/mol. The Balaban J connectivity index is 1.82. The van der Waals surface area contributed by atoms with Crippen molar-refractivity contribution in [3.8, 4) is 0 Å². The summed E-state index contributed by atoms with van der Waals surface area (Å²) in [5.74, 6) is -0.153. The lowest BCUT2D eigenvalue weighted by Crippen LogP contribution is -2.36. The summed E-state index contributed by atoms with van der Waals surface area (Å²) in [6, 6.07) is 13.4. The molecule has 0 aliphatic heterocycles. The standard InChI is InChI=1S/C16H14N4O2S/c21-15(12-7-4-10-23-12)19-14(11-5-2-1-3-6-11)16(22)18-13-8-9-17-20-13/h1-10,14H,(H,19,21)(H2,17,18,20,22)/t14-/m0/s1. The summed E-state index contributed by atoms with van der Waals surface area (Å²) in [6.07, 6.45) is 1.54. The minimum atomic E-state index is -0.797. The maximum Gasteiger partial charge on any atom is 0.262 e. The van der Waals surface area contributed by atoms with Crippen molar-refractivity contribution in [1.82, 2.24) is 15.5 Å². The van der Waals surface area contributed by atoms with Crippen molar-refractivity contribution < 1.29 is 9.59 Å². The number of nitrogens with zero attached hydrogens (tertiary/aromatic N) is 1. The van der Waals surface area contributed by atoms with Crippen molar-refractivity contribution in [2.75, 3.05) is 5.32 Å². The molecule has 1 atom stereocenters. The zero-order valence-corrected chi connectivity index (χ0v) is 12.8. The second-order valence-corrected chi connectivity index (χ2v) is 5.70. The Bertz CT molecular complexity index is 770. The second-order valence-electron chi connectivity index (χ2n) is 4.75. The first-order chi connectivity index (χ1) is 11.2. The van der Waals surface area contributed by atoms with Gasteiger partial charge in [-0.2, -0.15) is 5.10 Å². The van der Waals surface area contributed by atoms with Crippen LogP contribution in [-0.4, -0.2) is 22.0 Å². The molecule has 3 N–H and O–H groups in total. The molecule has 23 heavy (non-hydrogen) atoms. The molecular weight excluding hydrogens is 312 g/mol. The molecule has 0 aliphatic carbocycles. The molecule has 2 amide bonds. The fourth-order valence-electron chi connectivity index (χ4n) is 2.09. The first-order valence-electron chi connectivity index (χ1n) is 6.93. The summed E-state index contributed by atoms with van der Waals surface area (Å²) in [6.45, 7) is 0. The minimum absolute atomic E-state index is 0.284. The third-order valence-electron chi connectivity index (χ3n) is 3.17. The van der Waals surface area contributed by atoms with Crippen LogP contribution < -0.4 is 10.6 Å². The number of amides is 2. The summed E-state index contributed by atoms with van der Waals surface area (Å²) in [5.41, 5.74) is 0.703. The highest BCUT2D eigenvalue weighted by atomic mass is 32.1. The molecule has 2 heterocycles. The van der Waals surface area contributed by atoms with Crippen LogP contribution in [-0.2, 0) is 4.79 Å². The number of nitrogens with one attached hydrogen (secondary N) is 3. The second kappa shape index (κ2) is 6.89. The van der Waals surface area contributed by atoms with Gasteiger partial charge in [-0.05, 0) is 17.0 Å². The van der Waals surface area contributed by atoms with Crippen LogP contribution in [0.2, 0.25) is 0 Å². The number of carbonyl (C=O) groups is 2. The summed E-state index contributed by atoms with van der Waals surface area (Å²) in [7, 11) is 0. The van der Waals surface area contributed by atoms with E-state index >= 15 is 0 Å². The van der Waals surface area contributed by atoms with Crippen LogP contribution in [0.25, 0.3) is 0 Å². The Labute approximate surface area is 136 Å². The van der Waals surface area contributed by atoms with Crippen LogP contribution in [0.5, 0.6) is 0 Å². The van der Waals surface area contributed by atoms with Gasteiger partial charge in [-0.1, -0.05) is 36.4 Å². The molecule has 0 saturated carbocycles. The number of aromatic nitrogens is 2. The Morgan fingerprint density at radius 3 is 2.57 bits per heavy atom. The number of H-pyrrole nitrogens is 1. The lowest BCUT2D eigenvalue weighted by atomic mass is 10.1. The van der Waals surface area contributed by atoms with Crippen molar-refractivity contribution in [2.24, 2.45) is 0 Å². The van der Waals surface area contributed by atoms with Crippen LogP contribution in [0.4, 0.5) is 5.82 Å². The molecule has 0 bridgehead atoms. The Hall–Kier alpha value is -2.93. The van der Waals surface area contributed by atoms with Crippen molar-refractivity contribution in [2.45, 2.75) is 6.04 Å². The van der Waals surface area contributed by atoms with Gasteiger partial charge in [0.25, 0.3) is 11.8 Å². The molecule has 3 rings (SSSR count). The summed E-state index contributed by atoms with van der Waals surface area (Å²) in [5, 5.41) is 13.7. The molecule has 0 saturated heterocycles. The van der Waals surface area contributed by atoms with Crippen molar-refractivity contribution in [3.05, 3.63) is 70.5 Å². The molecular formula is C16H14N4O2S. The predicted molar refractivity (Wildman–Crippen MR) is 88.2 cm³/mol. The maximum absolute atomic E-state index is 12.5. The van der Waals surface area contributed by atoms with E-state index < -0.39 is 6.04 Å². The van der Waals surface area contributed by atoms with Gasteiger partial charge in [0.2, 0.25) is 0 Å². The van der Waals surface area contributed by atoms with E-state index in [0.717, 1.165) is 0 Å². The van der Waals surface area contributed by atoms with Crippen LogP contribution in [0.3, 0.4) is 0 Å². The molecule has 0 unspecified atom stereocenters. The zero-order chi connectivity index (χ0) is 16.1. The molecule has 0 aliphatic rings. The van der Waals surface area contributed by atoms with E-state index in [-0.39, 0.29) is 11.8 Å². The highest BCUT2D eigenvalue weighted by Gasteiger charge is 2.24. The number of anilines is 1. The van der Waals surface area contributed by atoms with Gasteiger partial charge >= 0.3 is 0 Å². The summed E-state index contributed by atoms with van der Waals surface area (Å²) < 4.78 is 0. The predicted octanol–water partition coefficient (Wildman–Crippen LogP) is 2.58. The van der Waals surface area contributed by atoms with Crippen LogP contribution in [0.15, 0.2) is 60.1 Å². The molecule has 0 spiro atoms. The lowest BCUT2D eigenvalue weighted by molar-refractivity contribution is -0.118. The number of rotatable bonds is 5. The largest absolute Gasteiger partial charge is 0.336 e. The van der Waals surface area contributed by atoms with Crippen molar-refractivity contribution in [1.29, 1.82) is 0 Å². The number of aromatic amines is 1. The normalized spacial score (nSPS) is 11.7. The molecule has 0 fully saturated rings. The van der Waals surface area contributed by atoms with Gasteiger partial charge in [0.15, 0.2) is 0 Å². The van der Waals surface area contributed by atoms with E-state index in [9.17, 15) is 9.59 Å². The molecule has 1 aromatic carbocycles. The topological polar surface area (TPSA) is 86.9 Å². The fraction of sp³-hybridized carbons (Fsp3) is 0.0625. The first kappa shape index (κ1) is 15.0. The number of hydrogen-bond acceptors (Lipinski definition) is 4. The van der Waals surface area contributed by atoms with E-state index in [2.05, 4.69) is 20.8 Å². The lowest BCUT2D eigenvalue weighted by Gasteiger charge is -2.18. The fourth-order valence-corrected chi connectivity index (χ4v) is 2.71. The number of carbonyl (C=O) groups excluding carboxylic acids is 2. The van der Waals surface area contributed by atoms with Crippen molar-refractivity contribution >= 4 is 29.0 Å². The smallest absolute Gasteiger partial charge is 0.262 e. The van der Waals surface area contributed by atoms with E-state index in [1.165, 1.54) is 17.5 Å². The van der Waals surface area contributed by atoms with Crippen LogP contribution >= 0.6 is 11.3 Å². The molecule has 116 valence electrons. The molecule has 0 radical (unpaired) electrons. The molecule has 6 nitrogen and oxygen atoms in total. The van der Waals surface area contributed by atoms with Gasteiger partial charge in [0, 0.05) is 6.07 Å². The summed E-state index contributed by atoms with van der Waals surface area (Å²) in [4.78, 5) is 25.4. The Kier molecular flexibility index (Phi) is 4.49. The average Bonchev–Trinajstić information content (AvgIpc) is 3.26. The van der Waals surface area contributed by atoms with Gasteiger partial charge in [0.1, 0.15) is 11.9 Å². The Morgan fingerprint density at radius 2 is 1.91 bits per heavy atom. The van der Waals surface area contributed by atoms with E-state index in [1.807, 2.05) is 23.6 Å². The quantitative estimate of drug-likeness (QED) is 0.673. The highest BCUT2D eigenvalue weighted by molar-refractivity contribution is 7.12. The number of benzene rings is 1. The maximum atomic E-state index is 12.5. The van der Waals surface area contributed by atoms with E-state index in [4.69, 9.17) is 0 Å².